The molecule has 1 saturated carbocycles. The number of benzene rings is 1. The van der Waals surface area contributed by atoms with Crippen molar-refractivity contribution >= 4 is 28.7 Å². The smallest absolute Gasteiger partial charge is 0.375 e. The van der Waals surface area contributed by atoms with Crippen molar-refractivity contribution in [2.24, 2.45) is 0 Å². The number of fused-ring (bicyclic) bond motifs is 1. The van der Waals surface area contributed by atoms with Crippen LogP contribution < -0.4 is 5.32 Å². The molecule has 172 valence electrons. The largest absolute Gasteiger partial charge is 0.450 e. The molecule has 8 nitrogen and oxygen atoms in total. The summed E-state index contributed by atoms with van der Waals surface area (Å²) < 4.78 is 18.2. The van der Waals surface area contributed by atoms with Crippen molar-refractivity contribution in [3.05, 3.63) is 52.4 Å². The maximum absolute atomic E-state index is 12.7. The number of anilines is 1. The van der Waals surface area contributed by atoms with Crippen molar-refractivity contribution in [3.8, 4) is 6.07 Å². The number of carbonyl (C=O) groups is 2. The van der Waals surface area contributed by atoms with Crippen molar-refractivity contribution in [2.45, 2.75) is 52.2 Å². The molecule has 1 aliphatic carbocycles. The van der Waals surface area contributed by atoms with Crippen LogP contribution in [0, 0.1) is 25.2 Å². The van der Waals surface area contributed by atoms with E-state index in [1.807, 2.05) is 26.0 Å². The van der Waals surface area contributed by atoms with Gasteiger partial charge < -0.3 is 23.8 Å². The van der Waals surface area contributed by atoms with Crippen molar-refractivity contribution in [2.75, 3.05) is 19.0 Å². The molecule has 8 heteroatoms. The molecule has 2 aromatic heterocycles. The topological polar surface area (TPSA) is 106 Å². The third-order valence-electron chi connectivity index (χ3n) is 6.32. The van der Waals surface area contributed by atoms with Gasteiger partial charge in [0.2, 0.25) is 5.76 Å². The zero-order valence-corrected chi connectivity index (χ0v) is 19.1. The summed E-state index contributed by atoms with van der Waals surface area (Å²) in [6.07, 6.45) is 4.25. The molecule has 1 amide bonds. The third-order valence-corrected chi connectivity index (χ3v) is 6.32. The van der Waals surface area contributed by atoms with Gasteiger partial charge in [-0.15, -0.1) is 0 Å². The number of rotatable bonds is 7. The first-order chi connectivity index (χ1) is 16.0. The van der Waals surface area contributed by atoms with Gasteiger partial charge >= 0.3 is 5.97 Å². The van der Waals surface area contributed by atoms with E-state index < -0.39 is 18.5 Å². The summed E-state index contributed by atoms with van der Waals surface area (Å²) in [5, 5.41) is 13.3. The molecular weight excluding hydrogens is 422 g/mol. The summed E-state index contributed by atoms with van der Waals surface area (Å²) in [6, 6.07) is 9.69. The fraction of sp³-hybridized carbons (Fsp3) is 0.400. The van der Waals surface area contributed by atoms with Crippen LogP contribution in [-0.4, -0.2) is 30.2 Å². The Kier molecular flexibility index (Phi) is 6.52. The van der Waals surface area contributed by atoms with E-state index in [1.54, 1.807) is 12.1 Å². The van der Waals surface area contributed by atoms with Gasteiger partial charge in [0.25, 0.3) is 5.91 Å². The molecule has 1 fully saturated rings. The van der Waals surface area contributed by atoms with Crippen molar-refractivity contribution in [3.63, 3.8) is 0 Å². The van der Waals surface area contributed by atoms with Gasteiger partial charge in [-0.05, 0) is 38.3 Å². The Morgan fingerprint density at radius 1 is 1.24 bits per heavy atom. The molecule has 0 radical (unpaired) electrons. The van der Waals surface area contributed by atoms with Crippen LogP contribution in [0.4, 0.5) is 5.82 Å². The highest BCUT2D eigenvalue weighted by Gasteiger charge is 2.27. The maximum atomic E-state index is 12.7. The van der Waals surface area contributed by atoms with E-state index >= 15 is 0 Å². The predicted octanol–water partition coefficient (Wildman–Crippen LogP) is 4.78. The number of nitrogens with zero attached hydrogens (tertiary/aromatic N) is 2. The number of ether oxygens (including phenoxy) is 2. The molecule has 0 atom stereocenters. The zero-order chi connectivity index (χ0) is 23.5. The minimum absolute atomic E-state index is 0.0181. The van der Waals surface area contributed by atoms with Crippen LogP contribution in [0.2, 0.25) is 0 Å². The summed E-state index contributed by atoms with van der Waals surface area (Å²) >= 11 is 0. The van der Waals surface area contributed by atoms with Gasteiger partial charge in [0.05, 0.1) is 12.2 Å². The lowest BCUT2D eigenvalue weighted by Gasteiger charge is -2.19. The van der Waals surface area contributed by atoms with Crippen molar-refractivity contribution in [1.29, 1.82) is 5.26 Å². The highest BCUT2D eigenvalue weighted by Crippen LogP contribution is 2.37. The monoisotopic (exact) mass is 449 g/mol. The molecule has 0 bridgehead atoms. The molecule has 1 N–H and O–H groups in total. The minimum atomic E-state index is -0.743. The van der Waals surface area contributed by atoms with Crippen LogP contribution in [0.1, 0.15) is 64.7 Å². The average molecular weight is 450 g/mol. The molecule has 0 saturated heterocycles. The normalized spacial score (nSPS) is 13.9. The Morgan fingerprint density at radius 3 is 2.67 bits per heavy atom. The standard InChI is InChI=1S/C25H27N3O5/c1-15-16(2)28(17-8-4-5-9-17)24(19(15)12-26)27-22(29)14-32-25(30)23-20(13-31-3)18-10-6-7-11-21(18)33-23/h6-7,10-11,17H,4-5,8-9,13-14H2,1-3H3,(H,27,29). The van der Waals surface area contributed by atoms with Crippen LogP contribution in [0.3, 0.4) is 0 Å². The summed E-state index contributed by atoms with van der Waals surface area (Å²) in [6.45, 7) is 3.52. The van der Waals surface area contributed by atoms with E-state index in [2.05, 4.69) is 16.0 Å². The van der Waals surface area contributed by atoms with Crippen molar-refractivity contribution < 1.29 is 23.5 Å². The van der Waals surface area contributed by atoms with Gasteiger partial charge in [-0.3, -0.25) is 4.79 Å². The second-order valence-electron chi connectivity index (χ2n) is 8.32. The third kappa shape index (κ3) is 4.24. The second-order valence-corrected chi connectivity index (χ2v) is 8.32. The van der Waals surface area contributed by atoms with E-state index in [4.69, 9.17) is 13.9 Å². The van der Waals surface area contributed by atoms with E-state index in [1.165, 1.54) is 7.11 Å². The van der Waals surface area contributed by atoms with Crippen LogP contribution in [-0.2, 0) is 20.9 Å². The average Bonchev–Trinajstić information content (AvgIpc) is 3.51. The van der Waals surface area contributed by atoms with E-state index in [0.29, 0.717) is 22.5 Å². The number of methoxy groups -OCH3 is 1. The number of aromatic nitrogens is 1. The molecular formula is C25H27N3O5. The van der Waals surface area contributed by atoms with Crippen LogP contribution >= 0.6 is 0 Å². The molecule has 3 aromatic rings. The first kappa shape index (κ1) is 22.6. The second kappa shape index (κ2) is 9.51. The molecule has 1 aromatic carbocycles. The minimum Gasteiger partial charge on any atom is -0.450 e. The number of carbonyl (C=O) groups excluding carboxylic acids is 2. The summed E-state index contributed by atoms with van der Waals surface area (Å²) in [4.78, 5) is 25.4. The fourth-order valence-electron chi connectivity index (χ4n) is 4.62. The lowest BCUT2D eigenvalue weighted by atomic mass is 10.1. The maximum Gasteiger partial charge on any atom is 0.375 e. The first-order valence-electron chi connectivity index (χ1n) is 11.0. The van der Waals surface area contributed by atoms with Gasteiger partial charge in [0, 0.05) is 29.8 Å². The van der Waals surface area contributed by atoms with Gasteiger partial charge in [0.1, 0.15) is 17.5 Å². The van der Waals surface area contributed by atoms with Gasteiger partial charge in [0.15, 0.2) is 6.61 Å². The number of hydrogen-bond acceptors (Lipinski definition) is 6. The lowest BCUT2D eigenvalue weighted by Crippen LogP contribution is -2.24. The van der Waals surface area contributed by atoms with Gasteiger partial charge in [-0.2, -0.15) is 5.26 Å². The van der Waals surface area contributed by atoms with E-state index in [0.717, 1.165) is 42.3 Å². The SMILES string of the molecule is COCc1c(C(=O)OCC(=O)Nc2c(C#N)c(C)c(C)n2C2CCCC2)oc2ccccc12. The molecule has 2 heterocycles. The Bertz CT molecular complexity index is 1240. The number of nitriles is 1. The quantitative estimate of drug-likeness (QED) is 0.520. The molecule has 0 aliphatic heterocycles. The number of amides is 1. The number of hydrogen-bond donors (Lipinski definition) is 1. The first-order valence-corrected chi connectivity index (χ1v) is 11.0. The van der Waals surface area contributed by atoms with Crippen LogP contribution in [0.15, 0.2) is 28.7 Å². The lowest BCUT2D eigenvalue weighted by molar-refractivity contribution is -0.119. The zero-order valence-electron chi connectivity index (χ0n) is 19.1. The highest BCUT2D eigenvalue weighted by molar-refractivity contribution is 5.98. The van der Waals surface area contributed by atoms with Gasteiger partial charge in [-0.1, -0.05) is 31.0 Å². The van der Waals surface area contributed by atoms with Crippen LogP contribution in [0.5, 0.6) is 0 Å². The number of furan rings is 1. The number of esters is 1. The molecule has 1 aliphatic rings. The Balaban J connectivity index is 1.51. The summed E-state index contributed by atoms with van der Waals surface area (Å²) in [5.41, 5.74) is 3.38. The van der Waals surface area contributed by atoms with Crippen LogP contribution in [0.25, 0.3) is 11.0 Å². The molecule has 0 spiro atoms. The van der Waals surface area contributed by atoms with E-state index in [-0.39, 0.29) is 18.4 Å². The highest BCUT2D eigenvalue weighted by atomic mass is 16.5. The van der Waals surface area contributed by atoms with Crippen molar-refractivity contribution in [1.82, 2.24) is 4.57 Å². The molecule has 4 rings (SSSR count). The predicted molar refractivity (Wildman–Crippen MR) is 122 cm³/mol. The van der Waals surface area contributed by atoms with E-state index in [9.17, 15) is 14.9 Å². The Hall–Kier alpha value is -3.57. The summed E-state index contributed by atoms with van der Waals surface area (Å²) in [7, 11) is 1.53. The fourth-order valence-corrected chi connectivity index (χ4v) is 4.62. The molecule has 33 heavy (non-hydrogen) atoms. The Morgan fingerprint density at radius 2 is 1.97 bits per heavy atom. The Labute approximate surface area is 192 Å². The van der Waals surface area contributed by atoms with Gasteiger partial charge in [-0.25, -0.2) is 4.79 Å². The molecule has 0 unspecified atom stereocenters. The number of para-hydroxylation sites is 1. The summed E-state index contributed by atoms with van der Waals surface area (Å²) in [5.74, 6) is -0.762. The number of nitrogens with one attached hydrogen (secondary N) is 1.